The van der Waals surface area contributed by atoms with Crippen LogP contribution in [-0.2, 0) is 16.1 Å². The van der Waals surface area contributed by atoms with E-state index in [4.69, 9.17) is 0 Å². The first-order chi connectivity index (χ1) is 13.0. The van der Waals surface area contributed by atoms with Crippen LogP contribution in [0.2, 0.25) is 0 Å². The summed E-state index contributed by atoms with van der Waals surface area (Å²) in [6.07, 6.45) is 0. The van der Waals surface area contributed by atoms with Gasteiger partial charge in [-0.2, -0.15) is 0 Å². The molecule has 1 aromatic heterocycles. The quantitative estimate of drug-likeness (QED) is 0.629. The van der Waals surface area contributed by atoms with Gasteiger partial charge in [0.2, 0.25) is 11.8 Å². The number of benzene rings is 2. The fourth-order valence-electron chi connectivity index (χ4n) is 2.74. The molecule has 7 heteroatoms. The van der Waals surface area contributed by atoms with Gasteiger partial charge >= 0.3 is 0 Å². The van der Waals surface area contributed by atoms with Crippen molar-refractivity contribution >= 4 is 46.0 Å². The molecule has 0 saturated heterocycles. The van der Waals surface area contributed by atoms with E-state index < -0.39 is 0 Å². The van der Waals surface area contributed by atoms with Gasteiger partial charge in [0.1, 0.15) is 0 Å². The van der Waals surface area contributed by atoms with Crippen LogP contribution < -0.4 is 10.6 Å². The van der Waals surface area contributed by atoms with E-state index in [1.54, 1.807) is 24.3 Å². The van der Waals surface area contributed by atoms with Gasteiger partial charge in [-0.25, -0.2) is 4.98 Å². The number of carbonyl (C=O) groups is 2. The average molecular weight is 382 g/mol. The lowest BCUT2D eigenvalue weighted by Crippen LogP contribution is -2.22. The van der Waals surface area contributed by atoms with E-state index in [2.05, 4.69) is 27.1 Å². The van der Waals surface area contributed by atoms with Crippen LogP contribution in [0.1, 0.15) is 20.8 Å². The molecule has 0 radical (unpaired) electrons. The van der Waals surface area contributed by atoms with E-state index in [0.717, 1.165) is 22.7 Å². The highest BCUT2D eigenvalue weighted by atomic mass is 32.2. The van der Waals surface area contributed by atoms with E-state index in [1.165, 1.54) is 18.7 Å². The van der Waals surface area contributed by atoms with Crippen molar-refractivity contribution in [3.05, 3.63) is 48.5 Å². The Kier molecular flexibility index (Phi) is 5.81. The maximum absolute atomic E-state index is 12.6. The molecule has 6 nitrogen and oxygen atoms in total. The molecular weight excluding hydrogens is 360 g/mol. The Labute approximate surface area is 162 Å². The third-order valence-corrected chi connectivity index (χ3v) is 5.15. The Balaban J connectivity index is 1.68. The Morgan fingerprint density at radius 2 is 1.70 bits per heavy atom. The number of anilines is 2. The van der Waals surface area contributed by atoms with Crippen LogP contribution in [0.4, 0.5) is 11.4 Å². The molecule has 1 atom stereocenters. The summed E-state index contributed by atoms with van der Waals surface area (Å²) < 4.78 is 2.12. The predicted octanol–water partition coefficient (Wildman–Crippen LogP) is 4.13. The maximum atomic E-state index is 12.6. The summed E-state index contributed by atoms with van der Waals surface area (Å²) >= 11 is 1.44. The van der Waals surface area contributed by atoms with Gasteiger partial charge in [0.15, 0.2) is 5.16 Å². The normalized spacial score (nSPS) is 12.0. The van der Waals surface area contributed by atoms with Gasteiger partial charge in [0.05, 0.1) is 16.3 Å². The van der Waals surface area contributed by atoms with Crippen LogP contribution in [0.25, 0.3) is 11.0 Å². The summed E-state index contributed by atoms with van der Waals surface area (Å²) in [6, 6.07) is 15.0. The predicted molar refractivity (Wildman–Crippen MR) is 110 cm³/mol. The molecule has 27 heavy (non-hydrogen) atoms. The number of rotatable bonds is 6. The summed E-state index contributed by atoms with van der Waals surface area (Å²) in [6.45, 7) is 6.19. The number of nitrogens with zero attached hydrogens (tertiary/aromatic N) is 2. The van der Waals surface area contributed by atoms with Crippen molar-refractivity contribution in [3.63, 3.8) is 0 Å². The molecule has 0 aliphatic carbocycles. The monoisotopic (exact) mass is 382 g/mol. The zero-order chi connectivity index (χ0) is 19.4. The third-order valence-electron chi connectivity index (χ3n) is 4.06. The van der Waals surface area contributed by atoms with E-state index in [-0.39, 0.29) is 17.1 Å². The molecule has 2 N–H and O–H groups in total. The molecular formula is C20H22N4O2S. The number of amides is 2. The lowest BCUT2D eigenvalue weighted by molar-refractivity contribution is -0.115. The number of para-hydroxylation sites is 2. The van der Waals surface area contributed by atoms with Gasteiger partial charge in [-0.3, -0.25) is 9.59 Å². The molecule has 0 aliphatic rings. The summed E-state index contributed by atoms with van der Waals surface area (Å²) in [5.41, 5.74) is 3.39. The first-order valence-electron chi connectivity index (χ1n) is 8.78. The average Bonchev–Trinajstić information content (AvgIpc) is 2.99. The van der Waals surface area contributed by atoms with Crippen molar-refractivity contribution < 1.29 is 9.59 Å². The number of nitrogens with one attached hydrogen (secondary N) is 2. The second-order valence-electron chi connectivity index (χ2n) is 6.14. The molecule has 140 valence electrons. The molecule has 0 fully saturated rings. The van der Waals surface area contributed by atoms with Gasteiger partial charge in [0, 0.05) is 24.8 Å². The third kappa shape index (κ3) is 4.49. The second kappa shape index (κ2) is 8.26. The highest BCUT2D eigenvalue weighted by molar-refractivity contribution is 8.00. The Morgan fingerprint density at radius 1 is 1.07 bits per heavy atom. The lowest BCUT2D eigenvalue weighted by atomic mass is 10.2. The summed E-state index contributed by atoms with van der Waals surface area (Å²) in [4.78, 5) is 28.3. The molecule has 2 amide bonds. The van der Waals surface area contributed by atoms with E-state index in [0.29, 0.717) is 11.4 Å². The fourth-order valence-corrected chi connectivity index (χ4v) is 3.73. The fraction of sp³-hybridized carbons (Fsp3) is 0.250. The van der Waals surface area contributed by atoms with Crippen LogP contribution >= 0.6 is 11.8 Å². The number of imidazole rings is 1. The first kappa shape index (κ1) is 19.0. The standard InChI is InChI=1S/C20H22N4O2S/c1-4-24-18-8-6-5-7-17(18)23-20(24)27-13(2)19(26)22-16-11-9-15(10-12-16)21-14(3)25/h5-13H,4H2,1-3H3,(H,21,25)(H,22,26)/t13-/m1/s1. The second-order valence-corrected chi connectivity index (χ2v) is 7.44. The van der Waals surface area contributed by atoms with Crippen LogP contribution in [-0.4, -0.2) is 26.6 Å². The number of carbonyl (C=O) groups excluding carboxylic acids is 2. The maximum Gasteiger partial charge on any atom is 0.237 e. The summed E-state index contributed by atoms with van der Waals surface area (Å²) in [5, 5.41) is 6.14. The molecule has 0 unspecified atom stereocenters. The minimum absolute atomic E-state index is 0.0954. The molecule has 0 saturated carbocycles. The van der Waals surface area contributed by atoms with Gasteiger partial charge in [0.25, 0.3) is 0 Å². The van der Waals surface area contributed by atoms with Crippen molar-refractivity contribution in [1.29, 1.82) is 0 Å². The van der Waals surface area contributed by atoms with Crippen LogP contribution in [0.15, 0.2) is 53.7 Å². The van der Waals surface area contributed by atoms with Crippen LogP contribution in [0.5, 0.6) is 0 Å². The van der Waals surface area contributed by atoms with Gasteiger partial charge in [-0.1, -0.05) is 23.9 Å². The van der Waals surface area contributed by atoms with E-state index in [1.807, 2.05) is 31.2 Å². The van der Waals surface area contributed by atoms with Crippen molar-refractivity contribution in [2.45, 2.75) is 37.7 Å². The number of fused-ring (bicyclic) bond motifs is 1. The molecule has 2 aromatic carbocycles. The first-order valence-corrected chi connectivity index (χ1v) is 9.66. The number of thioether (sulfide) groups is 1. The van der Waals surface area contributed by atoms with Crippen molar-refractivity contribution in [3.8, 4) is 0 Å². The summed E-state index contributed by atoms with van der Waals surface area (Å²) in [7, 11) is 0. The van der Waals surface area contributed by atoms with Gasteiger partial charge in [-0.05, 0) is 50.2 Å². The SMILES string of the molecule is CCn1c(S[C@H](C)C(=O)Nc2ccc(NC(C)=O)cc2)nc2ccccc21. The highest BCUT2D eigenvalue weighted by Gasteiger charge is 2.19. The van der Waals surface area contributed by atoms with Gasteiger partial charge < -0.3 is 15.2 Å². The van der Waals surface area contributed by atoms with Crippen LogP contribution in [0, 0.1) is 0 Å². The minimum atomic E-state index is -0.304. The lowest BCUT2D eigenvalue weighted by Gasteiger charge is -2.13. The topological polar surface area (TPSA) is 76.0 Å². The number of hydrogen-bond acceptors (Lipinski definition) is 4. The zero-order valence-corrected chi connectivity index (χ0v) is 16.3. The summed E-state index contributed by atoms with van der Waals surface area (Å²) in [5.74, 6) is -0.224. The zero-order valence-electron chi connectivity index (χ0n) is 15.5. The van der Waals surface area contributed by atoms with Crippen molar-refractivity contribution in [1.82, 2.24) is 9.55 Å². The molecule has 3 aromatic rings. The van der Waals surface area contributed by atoms with E-state index in [9.17, 15) is 9.59 Å². The smallest absolute Gasteiger partial charge is 0.237 e. The molecule has 0 bridgehead atoms. The minimum Gasteiger partial charge on any atom is -0.326 e. The van der Waals surface area contributed by atoms with Crippen molar-refractivity contribution in [2.75, 3.05) is 10.6 Å². The highest BCUT2D eigenvalue weighted by Crippen LogP contribution is 2.28. The number of hydrogen-bond donors (Lipinski definition) is 2. The molecule has 0 spiro atoms. The molecule has 0 aliphatic heterocycles. The van der Waals surface area contributed by atoms with E-state index >= 15 is 0 Å². The Morgan fingerprint density at radius 3 is 2.33 bits per heavy atom. The largest absolute Gasteiger partial charge is 0.326 e. The number of aromatic nitrogens is 2. The molecule has 1 heterocycles. The van der Waals surface area contributed by atoms with Crippen molar-refractivity contribution in [2.24, 2.45) is 0 Å². The van der Waals surface area contributed by atoms with Crippen LogP contribution in [0.3, 0.4) is 0 Å². The Bertz CT molecular complexity index is 966. The number of aryl methyl sites for hydroxylation is 1. The molecule has 3 rings (SSSR count). The van der Waals surface area contributed by atoms with Gasteiger partial charge in [-0.15, -0.1) is 0 Å². The Hall–Kier alpha value is -2.80.